The Kier molecular flexibility index (Phi) is 6.23. The van der Waals surface area contributed by atoms with E-state index in [9.17, 15) is 4.79 Å². The second-order valence-corrected chi connectivity index (χ2v) is 7.24. The topological polar surface area (TPSA) is 61.5 Å². The van der Waals surface area contributed by atoms with Crippen LogP contribution in [-0.2, 0) is 22.6 Å². The second kappa shape index (κ2) is 8.82. The van der Waals surface area contributed by atoms with Crippen LogP contribution in [0.25, 0.3) is 11.1 Å². The Morgan fingerprint density at radius 2 is 1.59 bits per heavy atom. The summed E-state index contributed by atoms with van der Waals surface area (Å²) in [5, 5.41) is 0. The van der Waals surface area contributed by atoms with Gasteiger partial charge >= 0.3 is 5.97 Å². The van der Waals surface area contributed by atoms with Gasteiger partial charge in [0, 0.05) is 5.56 Å². The van der Waals surface area contributed by atoms with Crippen molar-refractivity contribution in [3.05, 3.63) is 82.4 Å². The number of nitrogens with two attached hydrogens (primary N) is 1. The van der Waals surface area contributed by atoms with E-state index in [1.165, 1.54) is 12.7 Å². The molecule has 29 heavy (non-hydrogen) atoms. The van der Waals surface area contributed by atoms with E-state index in [4.69, 9.17) is 15.2 Å². The molecule has 0 saturated heterocycles. The Labute approximate surface area is 172 Å². The molecule has 4 heteroatoms. The Hall–Kier alpha value is -3.27. The zero-order chi connectivity index (χ0) is 21.0. The first-order valence-electron chi connectivity index (χ1n) is 9.64. The van der Waals surface area contributed by atoms with Gasteiger partial charge in [0.2, 0.25) is 0 Å². The molecule has 0 radical (unpaired) electrons. The quantitative estimate of drug-likeness (QED) is 0.467. The summed E-state index contributed by atoms with van der Waals surface area (Å²) in [5.41, 5.74) is 13.9. The summed E-state index contributed by atoms with van der Waals surface area (Å²) in [6.07, 6.45) is 0.162. The van der Waals surface area contributed by atoms with Crippen LogP contribution in [0, 0.1) is 20.8 Å². The first-order valence-corrected chi connectivity index (χ1v) is 9.64. The number of hydrogen-bond donors (Lipinski definition) is 1. The zero-order valence-electron chi connectivity index (χ0n) is 17.4. The van der Waals surface area contributed by atoms with Crippen molar-refractivity contribution < 1.29 is 14.3 Å². The molecule has 0 aliphatic heterocycles. The number of carbonyl (C=O) groups excluding carboxylic acids is 1. The number of hydrogen-bond acceptors (Lipinski definition) is 4. The van der Waals surface area contributed by atoms with Crippen LogP contribution in [0.15, 0.2) is 54.6 Å². The molecule has 3 aromatic rings. The van der Waals surface area contributed by atoms with Crippen molar-refractivity contribution in [2.45, 2.75) is 33.8 Å². The van der Waals surface area contributed by atoms with E-state index in [0.717, 1.165) is 33.4 Å². The average Bonchev–Trinajstić information content (AvgIpc) is 2.73. The maximum Gasteiger partial charge on any atom is 0.310 e. The van der Waals surface area contributed by atoms with Gasteiger partial charge in [-0.3, -0.25) is 4.79 Å². The van der Waals surface area contributed by atoms with Gasteiger partial charge in [-0.25, -0.2) is 0 Å². The van der Waals surface area contributed by atoms with E-state index in [2.05, 4.69) is 31.2 Å². The van der Waals surface area contributed by atoms with E-state index in [1.54, 1.807) is 0 Å². The summed E-state index contributed by atoms with van der Waals surface area (Å²) < 4.78 is 11.1. The van der Waals surface area contributed by atoms with Crippen molar-refractivity contribution >= 4 is 11.7 Å². The molecule has 0 unspecified atom stereocenters. The van der Waals surface area contributed by atoms with Crippen LogP contribution in [0.2, 0.25) is 0 Å². The fourth-order valence-electron chi connectivity index (χ4n) is 3.53. The Morgan fingerprint density at radius 1 is 0.931 bits per heavy atom. The summed E-state index contributed by atoms with van der Waals surface area (Å²) in [7, 11) is 1.40. The third-order valence-corrected chi connectivity index (χ3v) is 5.23. The van der Waals surface area contributed by atoms with Crippen molar-refractivity contribution in [2.24, 2.45) is 0 Å². The summed E-state index contributed by atoms with van der Waals surface area (Å²) in [4.78, 5) is 12.1. The highest BCUT2D eigenvalue weighted by Crippen LogP contribution is 2.41. The fourth-order valence-corrected chi connectivity index (χ4v) is 3.53. The number of aryl methyl sites for hydroxylation is 1. The predicted octanol–water partition coefficient (Wildman–Crippen LogP) is 5.16. The number of nitrogen functional groups attached to an aromatic ring is 1. The van der Waals surface area contributed by atoms with E-state index in [-0.39, 0.29) is 12.4 Å². The molecule has 0 aliphatic carbocycles. The molecule has 0 atom stereocenters. The molecule has 0 heterocycles. The maximum atomic E-state index is 12.1. The van der Waals surface area contributed by atoms with Crippen LogP contribution in [0.4, 0.5) is 5.69 Å². The molecule has 0 aromatic heterocycles. The van der Waals surface area contributed by atoms with Gasteiger partial charge in [0.1, 0.15) is 12.4 Å². The summed E-state index contributed by atoms with van der Waals surface area (Å²) >= 11 is 0. The van der Waals surface area contributed by atoms with Gasteiger partial charge in [0.25, 0.3) is 0 Å². The molecule has 3 aromatic carbocycles. The minimum Gasteiger partial charge on any atom is -0.486 e. The maximum absolute atomic E-state index is 12.1. The zero-order valence-corrected chi connectivity index (χ0v) is 17.4. The molecule has 0 saturated carbocycles. The van der Waals surface area contributed by atoms with Crippen molar-refractivity contribution in [3.63, 3.8) is 0 Å². The van der Waals surface area contributed by atoms with Crippen LogP contribution in [-0.4, -0.2) is 13.1 Å². The number of anilines is 1. The highest BCUT2D eigenvalue weighted by molar-refractivity contribution is 5.85. The second-order valence-electron chi connectivity index (χ2n) is 7.24. The summed E-state index contributed by atoms with van der Waals surface area (Å²) in [6.45, 7) is 6.40. The highest BCUT2D eigenvalue weighted by atomic mass is 16.5. The first-order chi connectivity index (χ1) is 13.9. The Morgan fingerprint density at radius 3 is 2.21 bits per heavy atom. The molecule has 0 aliphatic rings. The van der Waals surface area contributed by atoms with Gasteiger partial charge < -0.3 is 15.2 Å². The smallest absolute Gasteiger partial charge is 0.310 e. The Bertz CT molecular complexity index is 1010. The number of ether oxygens (including phenoxy) is 2. The van der Waals surface area contributed by atoms with Crippen LogP contribution in [0.1, 0.15) is 27.8 Å². The van der Waals surface area contributed by atoms with E-state index in [0.29, 0.717) is 18.0 Å². The third kappa shape index (κ3) is 4.43. The summed E-state index contributed by atoms with van der Waals surface area (Å²) in [5.74, 6) is 0.369. The molecule has 0 fully saturated rings. The van der Waals surface area contributed by atoms with Gasteiger partial charge in [0.05, 0.1) is 19.2 Å². The standard InChI is InChI=1S/C25H27NO3/c1-16-10-12-20(13-11-16)23-18(3)25(29-15-19-8-6-5-7-9-19)24(26)17(2)21(23)14-22(27)28-4/h5-13H,14-15,26H2,1-4H3. The lowest BCUT2D eigenvalue weighted by molar-refractivity contribution is -0.139. The third-order valence-electron chi connectivity index (χ3n) is 5.23. The lowest BCUT2D eigenvalue weighted by Crippen LogP contribution is -2.12. The van der Waals surface area contributed by atoms with Gasteiger partial charge in [-0.05, 0) is 48.6 Å². The molecule has 0 amide bonds. The molecular weight excluding hydrogens is 362 g/mol. The minimum atomic E-state index is -0.293. The monoisotopic (exact) mass is 389 g/mol. The highest BCUT2D eigenvalue weighted by Gasteiger charge is 2.22. The van der Waals surface area contributed by atoms with Crippen LogP contribution >= 0.6 is 0 Å². The Balaban J connectivity index is 2.12. The van der Waals surface area contributed by atoms with Crippen LogP contribution in [0.3, 0.4) is 0 Å². The normalized spacial score (nSPS) is 10.6. The van der Waals surface area contributed by atoms with E-state index in [1.807, 2.05) is 44.2 Å². The minimum absolute atomic E-state index is 0.162. The number of carbonyl (C=O) groups is 1. The lowest BCUT2D eigenvalue weighted by atomic mass is 9.88. The molecule has 2 N–H and O–H groups in total. The first kappa shape index (κ1) is 20.5. The fraction of sp³-hybridized carbons (Fsp3) is 0.240. The van der Waals surface area contributed by atoms with E-state index < -0.39 is 0 Å². The van der Waals surface area contributed by atoms with Crippen molar-refractivity contribution in [3.8, 4) is 16.9 Å². The molecule has 3 rings (SSSR count). The van der Waals surface area contributed by atoms with Gasteiger partial charge in [0.15, 0.2) is 0 Å². The number of esters is 1. The van der Waals surface area contributed by atoms with Crippen molar-refractivity contribution in [1.82, 2.24) is 0 Å². The number of benzene rings is 3. The largest absolute Gasteiger partial charge is 0.486 e. The van der Waals surface area contributed by atoms with Crippen LogP contribution < -0.4 is 10.5 Å². The molecular formula is C25H27NO3. The molecule has 0 bridgehead atoms. The lowest BCUT2D eigenvalue weighted by Gasteiger charge is -2.22. The van der Waals surface area contributed by atoms with Crippen LogP contribution in [0.5, 0.6) is 5.75 Å². The van der Waals surface area contributed by atoms with Gasteiger partial charge in [-0.2, -0.15) is 0 Å². The number of rotatable bonds is 6. The van der Waals surface area contributed by atoms with Gasteiger partial charge in [-0.1, -0.05) is 60.2 Å². The molecule has 150 valence electrons. The average molecular weight is 389 g/mol. The SMILES string of the molecule is COC(=O)Cc1c(C)c(N)c(OCc2ccccc2)c(C)c1-c1ccc(C)cc1. The number of methoxy groups -OCH3 is 1. The summed E-state index contributed by atoms with van der Waals surface area (Å²) in [6, 6.07) is 18.2. The molecule has 4 nitrogen and oxygen atoms in total. The predicted molar refractivity (Wildman–Crippen MR) is 117 cm³/mol. The molecule has 0 spiro atoms. The van der Waals surface area contributed by atoms with Gasteiger partial charge in [-0.15, -0.1) is 0 Å². The van der Waals surface area contributed by atoms with Crippen molar-refractivity contribution in [2.75, 3.05) is 12.8 Å². The van der Waals surface area contributed by atoms with E-state index >= 15 is 0 Å². The van der Waals surface area contributed by atoms with Crippen molar-refractivity contribution in [1.29, 1.82) is 0 Å².